The number of hydrogen-bond acceptors (Lipinski definition) is 2. The van der Waals surface area contributed by atoms with Gasteiger partial charge < -0.3 is 4.90 Å². The van der Waals surface area contributed by atoms with E-state index in [4.69, 9.17) is 0 Å². The first kappa shape index (κ1) is 15.4. The van der Waals surface area contributed by atoms with Crippen molar-refractivity contribution >= 4 is 28.4 Å². The Bertz CT molecular complexity index is 647. The maximum atomic E-state index is 12.6. The molecule has 0 spiro atoms. The van der Waals surface area contributed by atoms with Gasteiger partial charge in [-0.1, -0.05) is 43.2 Å². The highest BCUT2D eigenvalue weighted by molar-refractivity contribution is 8.00. The van der Waals surface area contributed by atoms with Crippen LogP contribution in [0.5, 0.6) is 0 Å². The fraction of sp³-hybridized carbons (Fsp3) is 0.421. The van der Waals surface area contributed by atoms with Crippen molar-refractivity contribution in [3.05, 3.63) is 42.5 Å². The molecule has 1 fully saturated rings. The first-order chi connectivity index (χ1) is 10.7. The predicted octanol–water partition coefficient (Wildman–Crippen LogP) is 4.72. The SMILES string of the molecule is CC(Sc1ccc2ccccc2c1)C(=O)N1CCCCCC1. The summed E-state index contributed by atoms with van der Waals surface area (Å²) >= 11 is 1.68. The minimum Gasteiger partial charge on any atom is -0.342 e. The molecule has 0 aromatic heterocycles. The van der Waals surface area contributed by atoms with Crippen LogP contribution < -0.4 is 0 Å². The number of carbonyl (C=O) groups is 1. The Morgan fingerprint density at radius 3 is 2.41 bits per heavy atom. The predicted molar refractivity (Wildman–Crippen MR) is 94.3 cm³/mol. The van der Waals surface area contributed by atoms with E-state index in [2.05, 4.69) is 47.4 Å². The zero-order valence-corrected chi connectivity index (χ0v) is 13.9. The number of benzene rings is 2. The number of hydrogen-bond donors (Lipinski definition) is 0. The molecule has 3 heteroatoms. The van der Waals surface area contributed by atoms with Gasteiger partial charge in [0.1, 0.15) is 0 Å². The highest BCUT2D eigenvalue weighted by Crippen LogP contribution is 2.28. The third-order valence-electron chi connectivity index (χ3n) is 4.30. The van der Waals surface area contributed by atoms with Gasteiger partial charge in [0, 0.05) is 18.0 Å². The van der Waals surface area contributed by atoms with Crippen LogP contribution in [0.1, 0.15) is 32.6 Å². The van der Waals surface area contributed by atoms with Crippen LogP contribution in [0.2, 0.25) is 0 Å². The molecule has 1 aliphatic rings. The van der Waals surface area contributed by atoms with Gasteiger partial charge >= 0.3 is 0 Å². The minimum absolute atomic E-state index is 0.0146. The summed E-state index contributed by atoms with van der Waals surface area (Å²) in [5, 5.41) is 2.47. The Balaban J connectivity index is 1.68. The van der Waals surface area contributed by atoms with Crippen molar-refractivity contribution in [1.82, 2.24) is 4.90 Å². The van der Waals surface area contributed by atoms with E-state index in [0.717, 1.165) is 25.9 Å². The molecule has 1 amide bonds. The fourth-order valence-electron chi connectivity index (χ4n) is 3.04. The molecule has 1 heterocycles. The van der Waals surface area contributed by atoms with E-state index in [1.807, 2.05) is 6.92 Å². The van der Waals surface area contributed by atoms with Crippen LogP contribution in [0.4, 0.5) is 0 Å². The highest BCUT2D eigenvalue weighted by Gasteiger charge is 2.22. The Hall–Kier alpha value is -1.48. The van der Waals surface area contributed by atoms with E-state index in [-0.39, 0.29) is 5.25 Å². The lowest BCUT2D eigenvalue weighted by molar-refractivity contribution is -0.130. The summed E-state index contributed by atoms with van der Waals surface area (Å²) < 4.78 is 0. The quantitative estimate of drug-likeness (QED) is 0.764. The molecule has 116 valence electrons. The molecule has 0 N–H and O–H groups in total. The van der Waals surface area contributed by atoms with E-state index in [9.17, 15) is 4.79 Å². The van der Waals surface area contributed by atoms with Crippen LogP contribution in [-0.2, 0) is 4.79 Å². The van der Waals surface area contributed by atoms with E-state index < -0.39 is 0 Å². The van der Waals surface area contributed by atoms with Crippen LogP contribution in [-0.4, -0.2) is 29.1 Å². The molecule has 1 aliphatic heterocycles. The Labute approximate surface area is 136 Å². The lowest BCUT2D eigenvalue weighted by Crippen LogP contribution is -2.37. The lowest BCUT2D eigenvalue weighted by Gasteiger charge is -2.23. The van der Waals surface area contributed by atoms with E-state index >= 15 is 0 Å². The molecule has 1 atom stereocenters. The maximum Gasteiger partial charge on any atom is 0.235 e. The number of thioether (sulfide) groups is 1. The number of likely N-dealkylation sites (tertiary alicyclic amines) is 1. The highest BCUT2D eigenvalue weighted by atomic mass is 32.2. The average Bonchev–Trinajstić information content (AvgIpc) is 2.83. The average molecular weight is 313 g/mol. The van der Waals surface area contributed by atoms with Crippen molar-refractivity contribution in [3.63, 3.8) is 0 Å². The summed E-state index contributed by atoms with van der Waals surface area (Å²) in [5.74, 6) is 0.292. The Kier molecular flexibility index (Phi) is 5.04. The third-order valence-corrected chi connectivity index (χ3v) is 5.38. The molecular weight excluding hydrogens is 290 g/mol. The molecule has 0 radical (unpaired) electrons. The maximum absolute atomic E-state index is 12.6. The second-order valence-corrected chi connectivity index (χ2v) is 7.42. The summed E-state index contributed by atoms with van der Waals surface area (Å²) in [4.78, 5) is 15.9. The molecule has 0 saturated carbocycles. The zero-order chi connectivity index (χ0) is 15.4. The monoisotopic (exact) mass is 313 g/mol. The summed E-state index contributed by atoms with van der Waals surface area (Å²) in [5.41, 5.74) is 0. The smallest absolute Gasteiger partial charge is 0.235 e. The largest absolute Gasteiger partial charge is 0.342 e. The second-order valence-electron chi connectivity index (χ2n) is 6.01. The van der Waals surface area contributed by atoms with Gasteiger partial charge in [0.25, 0.3) is 0 Å². The first-order valence-corrected chi connectivity index (χ1v) is 9.06. The van der Waals surface area contributed by atoms with Gasteiger partial charge in [-0.15, -0.1) is 11.8 Å². The van der Waals surface area contributed by atoms with Crippen molar-refractivity contribution in [3.8, 4) is 0 Å². The van der Waals surface area contributed by atoms with Crippen LogP contribution in [0.25, 0.3) is 10.8 Å². The summed E-state index contributed by atoms with van der Waals surface area (Å²) in [6.45, 7) is 3.90. The number of nitrogens with zero attached hydrogens (tertiary/aromatic N) is 1. The summed E-state index contributed by atoms with van der Waals surface area (Å²) in [6, 6.07) is 14.8. The van der Waals surface area contributed by atoms with Crippen molar-refractivity contribution < 1.29 is 4.79 Å². The molecule has 0 bridgehead atoms. The van der Waals surface area contributed by atoms with E-state index in [1.54, 1.807) is 11.8 Å². The topological polar surface area (TPSA) is 20.3 Å². The second kappa shape index (κ2) is 7.19. The van der Waals surface area contributed by atoms with Crippen LogP contribution in [0, 0.1) is 0 Å². The van der Waals surface area contributed by atoms with Crippen molar-refractivity contribution in [2.45, 2.75) is 42.8 Å². The Morgan fingerprint density at radius 2 is 1.68 bits per heavy atom. The third kappa shape index (κ3) is 3.64. The van der Waals surface area contributed by atoms with Crippen LogP contribution >= 0.6 is 11.8 Å². The normalized spacial score (nSPS) is 17.2. The molecule has 22 heavy (non-hydrogen) atoms. The van der Waals surface area contributed by atoms with Gasteiger partial charge in [-0.25, -0.2) is 0 Å². The molecule has 3 rings (SSSR count). The molecule has 2 aromatic carbocycles. The summed E-state index contributed by atoms with van der Waals surface area (Å²) in [7, 11) is 0. The molecule has 1 saturated heterocycles. The van der Waals surface area contributed by atoms with Gasteiger partial charge in [-0.3, -0.25) is 4.79 Å². The zero-order valence-electron chi connectivity index (χ0n) is 13.1. The van der Waals surface area contributed by atoms with Crippen LogP contribution in [0.15, 0.2) is 47.4 Å². The van der Waals surface area contributed by atoms with Gasteiger partial charge in [0.05, 0.1) is 5.25 Å². The fourth-order valence-corrected chi connectivity index (χ4v) is 4.04. The number of carbonyl (C=O) groups excluding carboxylic acids is 1. The van der Waals surface area contributed by atoms with Crippen molar-refractivity contribution in [2.75, 3.05) is 13.1 Å². The van der Waals surface area contributed by atoms with Crippen LogP contribution in [0.3, 0.4) is 0 Å². The molecule has 1 unspecified atom stereocenters. The van der Waals surface area contributed by atoms with E-state index in [0.29, 0.717) is 5.91 Å². The van der Waals surface area contributed by atoms with Gasteiger partial charge in [0.15, 0.2) is 0 Å². The molecule has 2 aromatic rings. The van der Waals surface area contributed by atoms with E-state index in [1.165, 1.54) is 28.5 Å². The van der Waals surface area contributed by atoms with Crippen molar-refractivity contribution in [2.24, 2.45) is 0 Å². The van der Waals surface area contributed by atoms with Gasteiger partial charge in [-0.2, -0.15) is 0 Å². The summed E-state index contributed by atoms with van der Waals surface area (Å²) in [6.07, 6.45) is 4.82. The lowest BCUT2D eigenvalue weighted by atomic mass is 10.1. The first-order valence-electron chi connectivity index (χ1n) is 8.18. The Morgan fingerprint density at radius 1 is 1.00 bits per heavy atom. The molecule has 0 aliphatic carbocycles. The number of fused-ring (bicyclic) bond motifs is 1. The number of rotatable bonds is 3. The number of amides is 1. The van der Waals surface area contributed by atoms with Gasteiger partial charge in [0.2, 0.25) is 5.91 Å². The minimum atomic E-state index is -0.0146. The molecule has 2 nitrogen and oxygen atoms in total. The van der Waals surface area contributed by atoms with Gasteiger partial charge in [-0.05, 0) is 42.7 Å². The molecular formula is C19H23NOS. The standard InChI is InChI=1S/C19H23NOS/c1-15(19(21)20-12-6-2-3-7-13-20)22-18-11-10-16-8-4-5-9-17(16)14-18/h4-5,8-11,14-15H,2-3,6-7,12-13H2,1H3. The van der Waals surface area contributed by atoms with Crippen molar-refractivity contribution in [1.29, 1.82) is 0 Å².